The molecule has 0 spiro atoms. The van der Waals surface area contributed by atoms with Crippen LogP contribution in [-0.2, 0) is 6.54 Å². The molecule has 2 aromatic carbocycles. The minimum Gasteiger partial charge on any atom is -0.366 e. The van der Waals surface area contributed by atoms with Gasteiger partial charge in [0.1, 0.15) is 10.8 Å². The predicted octanol–water partition coefficient (Wildman–Crippen LogP) is 5.50. The lowest BCUT2D eigenvalue weighted by molar-refractivity contribution is 1.06. The number of halogens is 1. The van der Waals surface area contributed by atoms with Gasteiger partial charge in [0.25, 0.3) is 0 Å². The summed E-state index contributed by atoms with van der Waals surface area (Å²) in [5, 5.41) is 5.06. The molecule has 0 radical (unpaired) electrons. The molecule has 0 unspecified atom stereocenters. The highest BCUT2D eigenvalue weighted by Crippen LogP contribution is 2.26. The molecule has 1 aromatic heterocycles. The Hall–Kier alpha value is -1.97. The SMILES string of the molecule is Clc1ccccc1CNc1cccc(Sc2ccccc2)n1. The first-order chi connectivity index (χ1) is 10.8. The maximum Gasteiger partial charge on any atom is 0.127 e. The fraction of sp³-hybridized carbons (Fsp3) is 0.0556. The van der Waals surface area contributed by atoms with Crippen LogP contribution in [0, 0.1) is 0 Å². The van der Waals surface area contributed by atoms with E-state index in [1.54, 1.807) is 11.8 Å². The standard InChI is InChI=1S/C18H15ClN2S/c19-16-10-5-4-7-14(16)13-20-17-11-6-12-18(21-17)22-15-8-2-1-3-9-15/h1-12H,13H2,(H,20,21). The van der Waals surface area contributed by atoms with E-state index in [9.17, 15) is 0 Å². The Labute approximate surface area is 139 Å². The maximum atomic E-state index is 6.16. The molecule has 4 heteroatoms. The van der Waals surface area contributed by atoms with Gasteiger partial charge in [-0.2, -0.15) is 0 Å². The van der Waals surface area contributed by atoms with Gasteiger partial charge in [0.05, 0.1) is 0 Å². The largest absolute Gasteiger partial charge is 0.366 e. The molecule has 0 amide bonds. The third kappa shape index (κ3) is 4.03. The summed E-state index contributed by atoms with van der Waals surface area (Å²) in [4.78, 5) is 5.80. The van der Waals surface area contributed by atoms with Gasteiger partial charge in [0.2, 0.25) is 0 Å². The normalized spacial score (nSPS) is 10.4. The van der Waals surface area contributed by atoms with Crippen LogP contribution in [0.25, 0.3) is 0 Å². The van der Waals surface area contributed by atoms with Gasteiger partial charge in [0.15, 0.2) is 0 Å². The topological polar surface area (TPSA) is 24.9 Å². The van der Waals surface area contributed by atoms with Crippen molar-refractivity contribution < 1.29 is 0 Å². The Kier molecular flexibility index (Phi) is 4.99. The highest BCUT2D eigenvalue weighted by Gasteiger charge is 2.02. The van der Waals surface area contributed by atoms with E-state index in [-0.39, 0.29) is 0 Å². The van der Waals surface area contributed by atoms with Crippen LogP contribution < -0.4 is 5.32 Å². The van der Waals surface area contributed by atoms with Crippen molar-refractivity contribution >= 4 is 29.2 Å². The first-order valence-electron chi connectivity index (χ1n) is 6.98. The lowest BCUT2D eigenvalue weighted by Gasteiger charge is -2.08. The zero-order chi connectivity index (χ0) is 15.2. The number of hydrogen-bond acceptors (Lipinski definition) is 3. The fourth-order valence-corrected chi connectivity index (χ4v) is 3.03. The summed E-state index contributed by atoms with van der Waals surface area (Å²) in [6.07, 6.45) is 0. The summed E-state index contributed by atoms with van der Waals surface area (Å²) in [6, 6.07) is 24.0. The van der Waals surface area contributed by atoms with Gasteiger partial charge in [-0.1, -0.05) is 65.8 Å². The van der Waals surface area contributed by atoms with Crippen molar-refractivity contribution in [2.24, 2.45) is 0 Å². The number of hydrogen-bond donors (Lipinski definition) is 1. The van der Waals surface area contributed by atoms with Crippen LogP contribution in [0.2, 0.25) is 5.02 Å². The van der Waals surface area contributed by atoms with Crippen LogP contribution in [-0.4, -0.2) is 4.98 Å². The Balaban J connectivity index is 1.68. The Morgan fingerprint density at radius 2 is 1.64 bits per heavy atom. The molecule has 110 valence electrons. The number of anilines is 1. The molecule has 0 bridgehead atoms. The molecule has 3 aromatic rings. The first kappa shape index (κ1) is 14.9. The van der Waals surface area contributed by atoms with Crippen molar-refractivity contribution in [1.29, 1.82) is 0 Å². The summed E-state index contributed by atoms with van der Waals surface area (Å²) in [6.45, 7) is 0.659. The maximum absolute atomic E-state index is 6.16. The van der Waals surface area contributed by atoms with Gasteiger partial charge in [-0.05, 0) is 35.9 Å². The van der Waals surface area contributed by atoms with Crippen LogP contribution in [0.15, 0.2) is 82.7 Å². The van der Waals surface area contributed by atoms with Gasteiger partial charge in [-0.25, -0.2) is 4.98 Å². The van der Waals surface area contributed by atoms with Crippen LogP contribution >= 0.6 is 23.4 Å². The van der Waals surface area contributed by atoms with E-state index >= 15 is 0 Å². The average Bonchev–Trinajstić information content (AvgIpc) is 2.55. The fourth-order valence-electron chi connectivity index (χ4n) is 2.01. The Morgan fingerprint density at radius 3 is 2.45 bits per heavy atom. The van der Waals surface area contributed by atoms with Gasteiger partial charge < -0.3 is 5.32 Å². The Bertz CT molecular complexity index is 747. The predicted molar refractivity (Wildman–Crippen MR) is 93.6 cm³/mol. The summed E-state index contributed by atoms with van der Waals surface area (Å²) < 4.78 is 0. The third-order valence-electron chi connectivity index (χ3n) is 3.11. The molecule has 2 nitrogen and oxygen atoms in total. The minimum atomic E-state index is 0.659. The van der Waals surface area contributed by atoms with E-state index in [2.05, 4.69) is 22.4 Å². The molecular formula is C18H15ClN2S. The molecule has 0 aliphatic rings. The van der Waals surface area contributed by atoms with Crippen LogP contribution in [0.3, 0.4) is 0 Å². The molecular weight excluding hydrogens is 312 g/mol. The summed E-state index contributed by atoms with van der Waals surface area (Å²) in [5.41, 5.74) is 1.06. The van der Waals surface area contributed by atoms with E-state index in [1.165, 1.54) is 4.90 Å². The number of benzene rings is 2. The van der Waals surface area contributed by atoms with Crippen molar-refractivity contribution in [1.82, 2.24) is 4.98 Å². The smallest absolute Gasteiger partial charge is 0.127 e. The van der Waals surface area contributed by atoms with E-state index in [0.29, 0.717) is 6.54 Å². The second kappa shape index (κ2) is 7.34. The van der Waals surface area contributed by atoms with E-state index in [1.807, 2.05) is 60.7 Å². The molecule has 0 saturated carbocycles. The van der Waals surface area contributed by atoms with Gasteiger partial charge >= 0.3 is 0 Å². The summed E-state index contributed by atoms with van der Waals surface area (Å²) >= 11 is 7.81. The molecule has 1 N–H and O–H groups in total. The first-order valence-corrected chi connectivity index (χ1v) is 8.18. The monoisotopic (exact) mass is 326 g/mol. The molecule has 0 fully saturated rings. The second-order valence-electron chi connectivity index (χ2n) is 4.72. The second-order valence-corrected chi connectivity index (χ2v) is 6.22. The van der Waals surface area contributed by atoms with Crippen molar-refractivity contribution in [3.63, 3.8) is 0 Å². The molecule has 0 atom stereocenters. The van der Waals surface area contributed by atoms with E-state index in [4.69, 9.17) is 11.6 Å². The zero-order valence-electron chi connectivity index (χ0n) is 11.9. The van der Waals surface area contributed by atoms with Gasteiger partial charge in [-0.15, -0.1) is 0 Å². The number of nitrogens with zero attached hydrogens (tertiary/aromatic N) is 1. The molecule has 0 aliphatic heterocycles. The van der Waals surface area contributed by atoms with Gasteiger partial charge in [-0.3, -0.25) is 0 Å². The highest BCUT2D eigenvalue weighted by molar-refractivity contribution is 7.99. The minimum absolute atomic E-state index is 0.659. The molecule has 22 heavy (non-hydrogen) atoms. The quantitative estimate of drug-likeness (QED) is 0.670. The van der Waals surface area contributed by atoms with E-state index in [0.717, 1.165) is 21.4 Å². The van der Waals surface area contributed by atoms with E-state index < -0.39 is 0 Å². The molecule has 1 heterocycles. The van der Waals surface area contributed by atoms with Crippen LogP contribution in [0.4, 0.5) is 5.82 Å². The number of nitrogens with one attached hydrogen (secondary N) is 1. The Morgan fingerprint density at radius 1 is 0.864 bits per heavy atom. The molecule has 0 aliphatic carbocycles. The van der Waals surface area contributed by atoms with Crippen molar-refractivity contribution in [3.8, 4) is 0 Å². The van der Waals surface area contributed by atoms with Gasteiger partial charge in [0, 0.05) is 16.5 Å². The van der Waals surface area contributed by atoms with Crippen molar-refractivity contribution in [2.75, 3.05) is 5.32 Å². The average molecular weight is 327 g/mol. The number of rotatable bonds is 5. The summed E-state index contributed by atoms with van der Waals surface area (Å²) in [5.74, 6) is 0.848. The molecule has 0 saturated heterocycles. The molecule has 3 rings (SSSR count). The van der Waals surface area contributed by atoms with Crippen molar-refractivity contribution in [2.45, 2.75) is 16.5 Å². The number of pyridine rings is 1. The van der Waals surface area contributed by atoms with Crippen LogP contribution in [0.1, 0.15) is 5.56 Å². The zero-order valence-corrected chi connectivity index (χ0v) is 13.4. The lowest BCUT2D eigenvalue weighted by atomic mass is 10.2. The number of aromatic nitrogens is 1. The van der Waals surface area contributed by atoms with Crippen LogP contribution in [0.5, 0.6) is 0 Å². The summed E-state index contributed by atoms with van der Waals surface area (Å²) in [7, 11) is 0. The third-order valence-corrected chi connectivity index (χ3v) is 4.42. The van der Waals surface area contributed by atoms with Crippen molar-refractivity contribution in [3.05, 3.63) is 83.4 Å². The highest BCUT2D eigenvalue weighted by atomic mass is 35.5. The lowest BCUT2D eigenvalue weighted by Crippen LogP contribution is -2.02.